The molecule has 0 atom stereocenters. The molecule has 1 heterocycles. The molecule has 1 saturated heterocycles. The van der Waals surface area contributed by atoms with Gasteiger partial charge in [0.2, 0.25) is 0 Å². The van der Waals surface area contributed by atoms with E-state index in [4.69, 9.17) is 0 Å². The summed E-state index contributed by atoms with van der Waals surface area (Å²) in [7, 11) is 0. The minimum atomic E-state index is -0.887. The normalized spacial score (nSPS) is 28.0. The van der Waals surface area contributed by atoms with E-state index in [1.165, 1.54) is 6.07 Å². The molecule has 1 saturated carbocycles. The lowest BCUT2D eigenvalue weighted by Gasteiger charge is -2.33. The van der Waals surface area contributed by atoms with E-state index < -0.39 is 29.1 Å². The Hall–Kier alpha value is -2.31. The number of urea groups is 1. The zero-order chi connectivity index (χ0) is 16.6. The molecule has 1 spiro atoms. The second kappa shape index (κ2) is 5.72. The van der Waals surface area contributed by atoms with Crippen LogP contribution in [0.25, 0.3) is 0 Å². The summed E-state index contributed by atoms with van der Waals surface area (Å²) in [6.07, 6.45) is 3.92. The first-order valence-corrected chi connectivity index (χ1v) is 7.57. The highest BCUT2D eigenvalue weighted by atomic mass is 19.1. The average Bonchev–Trinajstić information content (AvgIpc) is 2.73. The maximum atomic E-state index is 13.6. The molecule has 1 aliphatic heterocycles. The number of rotatable bonds is 2. The summed E-state index contributed by atoms with van der Waals surface area (Å²) in [4.78, 5) is 24.6. The van der Waals surface area contributed by atoms with E-state index in [-0.39, 0.29) is 5.56 Å². The number of benzene rings is 1. The number of halogens is 2. The molecule has 1 N–H and O–H groups in total. The first-order valence-electron chi connectivity index (χ1n) is 7.57. The summed E-state index contributed by atoms with van der Waals surface area (Å²) < 4.78 is 26.4. The zero-order valence-electron chi connectivity index (χ0n) is 12.7. The SMILES string of the molecule is CC1CCC2(CC1)NC(=O)N(N=Cc1ccc(F)cc1F)C2=O. The van der Waals surface area contributed by atoms with Crippen LogP contribution in [-0.2, 0) is 4.79 Å². The minimum absolute atomic E-state index is 0.00483. The number of carbonyl (C=O) groups is 2. The molecule has 2 fully saturated rings. The van der Waals surface area contributed by atoms with Crippen molar-refractivity contribution in [2.75, 3.05) is 0 Å². The number of nitrogens with one attached hydrogen (secondary N) is 1. The van der Waals surface area contributed by atoms with Crippen molar-refractivity contribution in [3.05, 3.63) is 35.4 Å². The number of hydrogen-bond acceptors (Lipinski definition) is 3. The maximum Gasteiger partial charge on any atom is 0.346 e. The van der Waals surface area contributed by atoms with E-state index in [2.05, 4.69) is 17.3 Å². The van der Waals surface area contributed by atoms with Crippen molar-refractivity contribution >= 4 is 18.2 Å². The Bertz CT molecular complexity index is 682. The second-order valence-corrected chi connectivity index (χ2v) is 6.22. The zero-order valence-corrected chi connectivity index (χ0v) is 12.7. The molecule has 2 aliphatic rings. The molecule has 0 aromatic heterocycles. The van der Waals surface area contributed by atoms with Gasteiger partial charge >= 0.3 is 6.03 Å². The van der Waals surface area contributed by atoms with Crippen LogP contribution in [0.1, 0.15) is 38.2 Å². The van der Waals surface area contributed by atoms with E-state index >= 15 is 0 Å². The van der Waals surface area contributed by atoms with Crippen molar-refractivity contribution in [2.45, 2.75) is 38.1 Å². The van der Waals surface area contributed by atoms with Gasteiger partial charge in [-0.2, -0.15) is 5.10 Å². The number of hydrogen-bond donors (Lipinski definition) is 1. The van der Waals surface area contributed by atoms with Gasteiger partial charge in [0, 0.05) is 11.6 Å². The van der Waals surface area contributed by atoms with Gasteiger partial charge in [-0.15, -0.1) is 5.01 Å². The first-order chi connectivity index (χ1) is 10.9. The molecule has 0 bridgehead atoms. The summed E-state index contributed by atoms with van der Waals surface area (Å²) in [6, 6.07) is 2.39. The molecule has 0 unspecified atom stereocenters. The topological polar surface area (TPSA) is 61.8 Å². The lowest BCUT2D eigenvalue weighted by molar-refractivity contribution is -0.132. The van der Waals surface area contributed by atoms with Crippen LogP contribution in [0.3, 0.4) is 0 Å². The third kappa shape index (κ3) is 2.83. The Kier molecular flexibility index (Phi) is 3.87. The van der Waals surface area contributed by atoms with Crippen LogP contribution in [-0.4, -0.2) is 28.7 Å². The number of nitrogens with zero attached hydrogens (tertiary/aromatic N) is 2. The van der Waals surface area contributed by atoms with Crippen molar-refractivity contribution in [2.24, 2.45) is 11.0 Å². The molecule has 1 aromatic carbocycles. The monoisotopic (exact) mass is 321 g/mol. The van der Waals surface area contributed by atoms with E-state index in [0.29, 0.717) is 18.8 Å². The van der Waals surface area contributed by atoms with Gasteiger partial charge in [-0.25, -0.2) is 13.6 Å². The number of amides is 3. The largest absolute Gasteiger partial charge is 0.346 e. The summed E-state index contributed by atoms with van der Waals surface area (Å²) >= 11 is 0. The molecule has 122 valence electrons. The van der Waals surface area contributed by atoms with Gasteiger partial charge in [0.1, 0.15) is 17.2 Å². The quantitative estimate of drug-likeness (QED) is 0.672. The van der Waals surface area contributed by atoms with Crippen LogP contribution in [0.4, 0.5) is 13.6 Å². The number of hydrazone groups is 1. The van der Waals surface area contributed by atoms with Crippen molar-refractivity contribution < 1.29 is 18.4 Å². The Morgan fingerprint density at radius 1 is 1.30 bits per heavy atom. The molecule has 3 amide bonds. The predicted octanol–water partition coefficient (Wildman–Crippen LogP) is 2.80. The van der Waals surface area contributed by atoms with Gasteiger partial charge in [-0.05, 0) is 43.7 Å². The lowest BCUT2D eigenvalue weighted by Crippen LogP contribution is -2.49. The minimum Gasteiger partial charge on any atom is -0.321 e. The van der Waals surface area contributed by atoms with Gasteiger partial charge in [0.25, 0.3) is 5.91 Å². The van der Waals surface area contributed by atoms with Crippen LogP contribution in [0.2, 0.25) is 0 Å². The Labute approximate surface area is 132 Å². The van der Waals surface area contributed by atoms with Gasteiger partial charge in [0.05, 0.1) is 6.21 Å². The molecular weight excluding hydrogens is 304 g/mol. The van der Waals surface area contributed by atoms with Crippen LogP contribution in [0, 0.1) is 17.6 Å². The molecular formula is C16H17F2N3O2. The Morgan fingerprint density at radius 2 is 2.00 bits per heavy atom. The molecule has 1 aliphatic carbocycles. The Balaban J connectivity index is 1.79. The summed E-state index contributed by atoms with van der Waals surface area (Å²) in [5, 5.41) is 7.25. The fourth-order valence-electron chi connectivity index (χ4n) is 3.03. The standard InChI is InChI=1S/C16H17F2N3O2/c1-10-4-6-16(7-5-10)14(22)21(15(23)20-16)19-9-11-2-3-12(17)8-13(11)18/h2-3,8-10H,4-7H2,1H3,(H,20,23). The van der Waals surface area contributed by atoms with E-state index in [0.717, 1.165) is 36.2 Å². The van der Waals surface area contributed by atoms with Crippen LogP contribution < -0.4 is 5.32 Å². The molecule has 23 heavy (non-hydrogen) atoms. The smallest absolute Gasteiger partial charge is 0.321 e. The van der Waals surface area contributed by atoms with Crippen molar-refractivity contribution in [1.29, 1.82) is 0 Å². The molecule has 5 nitrogen and oxygen atoms in total. The summed E-state index contributed by atoms with van der Waals surface area (Å²) in [5.41, 5.74) is -0.882. The maximum absolute atomic E-state index is 13.6. The van der Waals surface area contributed by atoms with Crippen LogP contribution in [0.5, 0.6) is 0 Å². The Morgan fingerprint density at radius 3 is 2.65 bits per heavy atom. The van der Waals surface area contributed by atoms with Gasteiger partial charge in [0.15, 0.2) is 0 Å². The van der Waals surface area contributed by atoms with Crippen molar-refractivity contribution in [1.82, 2.24) is 10.3 Å². The fraction of sp³-hybridized carbons (Fsp3) is 0.438. The van der Waals surface area contributed by atoms with Gasteiger partial charge in [-0.3, -0.25) is 4.79 Å². The van der Waals surface area contributed by atoms with E-state index in [1.807, 2.05) is 0 Å². The van der Waals surface area contributed by atoms with Crippen molar-refractivity contribution in [3.63, 3.8) is 0 Å². The summed E-state index contributed by atoms with van der Waals surface area (Å²) in [6.45, 7) is 2.11. The second-order valence-electron chi connectivity index (χ2n) is 6.22. The van der Waals surface area contributed by atoms with Crippen molar-refractivity contribution in [3.8, 4) is 0 Å². The van der Waals surface area contributed by atoms with Crippen LogP contribution in [0.15, 0.2) is 23.3 Å². The number of imide groups is 1. The van der Waals surface area contributed by atoms with Gasteiger partial charge < -0.3 is 5.32 Å². The van der Waals surface area contributed by atoms with E-state index in [1.54, 1.807) is 0 Å². The third-order valence-electron chi connectivity index (χ3n) is 4.54. The molecule has 0 radical (unpaired) electrons. The molecule has 7 heteroatoms. The fourth-order valence-corrected chi connectivity index (χ4v) is 3.03. The molecule has 1 aromatic rings. The lowest BCUT2D eigenvalue weighted by atomic mass is 9.77. The number of carbonyl (C=O) groups excluding carboxylic acids is 2. The predicted molar refractivity (Wildman–Crippen MR) is 79.7 cm³/mol. The third-order valence-corrected chi connectivity index (χ3v) is 4.54. The highest BCUT2D eigenvalue weighted by Gasteiger charge is 2.52. The van der Waals surface area contributed by atoms with E-state index in [9.17, 15) is 18.4 Å². The van der Waals surface area contributed by atoms with Crippen LogP contribution >= 0.6 is 0 Å². The van der Waals surface area contributed by atoms with Gasteiger partial charge in [-0.1, -0.05) is 6.92 Å². The average molecular weight is 321 g/mol. The first kappa shape index (κ1) is 15.6. The highest BCUT2D eigenvalue weighted by molar-refractivity contribution is 6.07. The molecule has 3 rings (SSSR count). The highest BCUT2D eigenvalue weighted by Crippen LogP contribution is 2.36. The summed E-state index contributed by atoms with van der Waals surface area (Å²) in [5.74, 6) is -1.39.